The Bertz CT molecular complexity index is 461. The van der Waals surface area contributed by atoms with Crippen molar-refractivity contribution in [3.05, 3.63) is 59.7 Å². The van der Waals surface area contributed by atoms with Gasteiger partial charge in [0, 0.05) is 5.41 Å². The van der Waals surface area contributed by atoms with Gasteiger partial charge in [0.2, 0.25) is 0 Å². The van der Waals surface area contributed by atoms with Crippen LogP contribution in [-0.2, 0) is 5.41 Å². The molecule has 0 aliphatic heterocycles. The van der Waals surface area contributed by atoms with Gasteiger partial charge in [-0.3, -0.25) is 0 Å². The van der Waals surface area contributed by atoms with Gasteiger partial charge >= 0.3 is 0 Å². The Labute approximate surface area is 134 Å². The van der Waals surface area contributed by atoms with Crippen molar-refractivity contribution in [1.29, 1.82) is 0 Å². The van der Waals surface area contributed by atoms with Crippen molar-refractivity contribution in [2.45, 2.75) is 19.3 Å². The molecule has 0 saturated heterocycles. The van der Waals surface area contributed by atoms with Gasteiger partial charge in [-0.05, 0) is 35.4 Å². The SMILES string of the molecule is CC(C)(c1ccc(O)cc1)c1ccc(O)cc1.O.O.O.O.O.O. The molecule has 2 rings (SSSR count). The Morgan fingerprint density at radius 3 is 0.957 bits per heavy atom. The predicted molar refractivity (Wildman–Crippen MR) is 90.0 cm³/mol. The Morgan fingerprint density at radius 2 is 0.739 bits per heavy atom. The van der Waals surface area contributed by atoms with Crippen LogP contribution in [0.15, 0.2) is 48.5 Å². The van der Waals surface area contributed by atoms with Gasteiger partial charge in [-0.2, -0.15) is 0 Å². The molecule has 8 heteroatoms. The van der Waals surface area contributed by atoms with Gasteiger partial charge < -0.3 is 43.1 Å². The molecular weight excluding hydrogens is 308 g/mol. The molecule has 0 atom stereocenters. The summed E-state index contributed by atoms with van der Waals surface area (Å²) in [6.45, 7) is 4.23. The highest BCUT2D eigenvalue weighted by molar-refractivity contribution is 5.41. The molecule has 0 spiro atoms. The number of phenols is 2. The van der Waals surface area contributed by atoms with Gasteiger partial charge in [0.05, 0.1) is 0 Å². The van der Waals surface area contributed by atoms with Crippen LogP contribution >= 0.6 is 0 Å². The van der Waals surface area contributed by atoms with E-state index in [2.05, 4.69) is 13.8 Å². The summed E-state index contributed by atoms with van der Waals surface area (Å²) < 4.78 is 0. The van der Waals surface area contributed by atoms with E-state index in [1.807, 2.05) is 24.3 Å². The molecule has 8 nitrogen and oxygen atoms in total. The summed E-state index contributed by atoms with van der Waals surface area (Å²) in [6, 6.07) is 14.4. The molecule has 0 fully saturated rings. The number of hydrogen-bond donors (Lipinski definition) is 2. The van der Waals surface area contributed by atoms with Gasteiger partial charge in [0.25, 0.3) is 0 Å². The average Bonchev–Trinajstić information content (AvgIpc) is 2.30. The van der Waals surface area contributed by atoms with Crippen LogP contribution in [0.3, 0.4) is 0 Å². The van der Waals surface area contributed by atoms with Crippen LogP contribution in [0.1, 0.15) is 25.0 Å². The third-order valence-corrected chi connectivity index (χ3v) is 3.18. The van der Waals surface area contributed by atoms with Gasteiger partial charge in [-0.15, -0.1) is 0 Å². The standard InChI is InChI=1S/C15H16O2.6H2O/c1-15(2,11-3-7-13(16)8-4-11)12-5-9-14(17)10-6-12;;;;;;/h3-10,16-17H,1-2H3;6*1H2. The molecule has 0 saturated carbocycles. The lowest BCUT2D eigenvalue weighted by molar-refractivity contribution is 0.474. The molecule has 0 unspecified atom stereocenters. The first-order chi connectivity index (χ1) is 8.00. The Hall–Kier alpha value is -2.20. The topological polar surface area (TPSA) is 229 Å². The zero-order valence-electron chi connectivity index (χ0n) is 13.0. The third kappa shape index (κ3) is 7.06. The lowest BCUT2D eigenvalue weighted by atomic mass is 9.78. The quantitative estimate of drug-likeness (QED) is 0.664. The monoisotopic (exact) mass is 336 g/mol. The van der Waals surface area contributed by atoms with E-state index in [0.717, 1.165) is 11.1 Å². The number of phenolic OH excluding ortho intramolecular Hbond substituents is 2. The number of benzene rings is 2. The fourth-order valence-corrected chi connectivity index (χ4v) is 1.92. The molecule has 0 bridgehead atoms. The van der Waals surface area contributed by atoms with E-state index in [-0.39, 0.29) is 49.8 Å². The van der Waals surface area contributed by atoms with E-state index in [9.17, 15) is 10.2 Å². The van der Waals surface area contributed by atoms with Crippen molar-refractivity contribution >= 4 is 0 Å². The first-order valence-corrected chi connectivity index (χ1v) is 5.59. The zero-order valence-corrected chi connectivity index (χ0v) is 13.0. The maximum absolute atomic E-state index is 9.30. The second-order valence-corrected chi connectivity index (χ2v) is 4.72. The first kappa shape index (κ1) is 32.7. The van der Waals surface area contributed by atoms with Crippen molar-refractivity contribution in [3.63, 3.8) is 0 Å². The van der Waals surface area contributed by atoms with Gasteiger partial charge in [0.1, 0.15) is 11.5 Å². The fraction of sp³-hybridized carbons (Fsp3) is 0.200. The van der Waals surface area contributed by atoms with Crippen LogP contribution in [0.4, 0.5) is 0 Å². The normalized spacial score (nSPS) is 8.43. The number of hydrogen-bond acceptors (Lipinski definition) is 2. The highest BCUT2D eigenvalue weighted by Gasteiger charge is 2.22. The second-order valence-electron chi connectivity index (χ2n) is 4.72. The van der Waals surface area contributed by atoms with Gasteiger partial charge in [-0.1, -0.05) is 38.1 Å². The molecule has 0 heterocycles. The molecule has 0 radical (unpaired) electrons. The Kier molecular flexibility index (Phi) is 17.5. The number of aromatic hydroxyl groups is 2. The average molecular weight is 336 g/mol. The summed E-state index contributed by atoms with van der Waals surface area (Å²) in [7, 11) is 0. The molecule has 0 aromatic heterocycles. The van der Waals surface area contributed by atoms with Crippen LogP contribution in [0.2, 0.25) is 0 Å². The van der Waals surface area contributed by atoms with Crippen LogP contribution in [0.25, 0.3) is 0 Å². The van der Waals surface area contributed by atoms with E-state index < -0.39 is 0 Å². The molecule has 136 valence electrons. The molecule has 0 aliphatic rings. The lowest BCUT2D eigenvalue weighted by Gasteiger charge is -2.26. The smallest absolute Gasteiger partial charge is 0.115 e. The van der Waals surface area contributed by atoms with Crippen molar-refractivity contribution in [1.82, 2.24) is 0 Å². The van der Waals surface area contributed by atoms with Gasteiger partial charge in [0.15, 0.2) is 0 Å². The minimum absolute atomic E-state index is 0. The van der Waals surface area contributed by atoms with E-state index in [0.29, 0.717) is 0 Å². The minimum Gasteiger partial charge on any atom is -0.508 e. The minimum atomic E-state index is -0.151. The fourth-order valence-electron chi connectivity index (χ4n) is 1.92. The van der Waals surface area contributed by atoms with Crippen LogP contribution < -0.4 is 0 Å². The summed E-state index contributed by atoms with van der Waals surface area (Å²) in [5, 5.41) is 18.6. The first-order valence-electron chi connectivity index (χ1n) is 5.59. The predicted octanol–water partition coefficient (Wildman–Crippen LogP) is -1.52. The molecule has 2 aromatic carbocycles. The molecule has 23 heavy (non-hydrogen) atoms. The van der Waals surface area contributed by atoms with Gasteiger partial charge in [-0.25, -0.2) is 0 Å². The highest BCUT2D eigenvalue weighted by Crippen LogP contribution is 2.32. The van der Waals surface area contributed by atoms with Crippen molar-refractivity contribution in [3.8, 4) is 11.5 Å². The summed E-state index contributed by atoms with van der Waals surface area (Å²) in [4.78, 5) is 0. The second kappa shape index (κ2) is 12.4. The Balaban J connectivity index is -0.000000180. The Morgan fingerprint density at radius 1 is 0.522 bits per heavy atom. The van der Waals surface area contributed by atoms with Crippen LogP contribution in [-0.4, -0.2) is 43.1 Å². The largest absolute Gasteiger partial charge is 0.508 e. The lowest BCUT2D eigenvalue weighted by Crippen LogP contribution is -2.18. The molecule has 0 aliphatic carbocycles. The maximum Gasteiger partial charge on any atom is 0.115 e. The van der Waals surface area contributed by atoms with E-state index >= 15 is 0 Å². The molecule has 2 aromatic rings. The summed E-state index contributed by atoms with van der Waals surface area (Å²) >= 11 is 0. The molecule has 14 N–H and O–H groups in total. The summed E-state index contributed by atoms with van der Waals surface area (Å²) in [5.41, 5.74) is 2.10. The van der Waals surface area contributed by atoms with Crippen molar-refractivity contribution in [2.75, 3.05) is 0 Å². The van der Waals surface area contributed by atoms with E-state index in [1.165, 1.54) is 0 Å². The van der Waals surface area contributed by atoms with E-state index in [1.54, 1.807) is 24.3 Å². The molecular formula is C15H28O8. The zero-order chi connectivity index (χ0) is 12.5. The highest BCUT2D eigenvalue weighted by atomic mass is 16.3. The summed E-state index contributed by atoms with van der Waals surface area (Å²) in [5.74, 6) is 0.547. The van der Waals surface area contributed by atoms with Crippen molar-refractivity contribution in [2.24, 2.45) is 0 Å². The molecule has 0 amide bonds. The van der Waals surface area contributed by atoms with Crippen LogP contribution in [0.5, 0.6) is 11.5 Å². The third-order valence-electron chi connectivity index (χ3n) is 3.18. The van der Waals surface area contributed by atoms with Crippen LogP contribution in [0, 0.1) is 0 Å². The number of rotatable bonds is 2. The maximum atomic E-state index is 9.30. The van der Waals surface area contributed by atoms with E-state index in [4.69, 9.17) is 0 Å². The van der Waals surface area contributed by atoms with Crippen molar-refractivity contribution < 1.29 is 43.1 Å². The summed E-state index contributed by atoms with van der Waals surface area (Å²) in [6.07, 6.45) is 0.